The van der Waals surface area contributed by atoms with Crippen LogP contribution in [0.3, 0.4) is 0 Å². The molecule has 0 bridgehead atoms. The molecule has 0 heterocycles. The van der Waals surface area contributed by atoms with Gasteiger partial charge in [-0.05, 0) is 58.7 Å². The molecular weight excluding hydrogens is 304 g/mol. The molecular formula is C24H17O. The summed E-state index contributed by atoms with van der Waals surface area (Å²) < 4.78 is 5.86. The van der Waals surface area contributed by atoms with E-state index in [1.807, 2.05) is 66.7 Å². The van der Waals surface area contributed by atoms with Crippen molar-refractivity contribution in [1.29, 1.82) is 0 Å². The van der Waals surface area contributed by atoms with Crippen LogP contribution in [0.4, 0.5) is 0 Å². The molecule has 25 heavy (non-hydrogen) atoms. The Morgan fingerprint density at radius 3 is 1.88 bits per heavy atom. The molecule has 0 saturated heterocycles. The Hall–Kier alpha value is -3.32. The van der Waals surface area contributed by atoms with E-state index in [4.69, 9.17) is 4.74 Å². The summed E-state index contributed by atoms with van der Waals surface area (Å²) in [5.41, 5.74) is 4.60. The van der Waals surface area contributed by atoms with Crippen LogP contribution in [0.25, 0.3) is 22.3 Å². The summed E-state index contributed by atoms with van der Waals surface area (Å²) in [5.74, 6) is 1.68. The van der Waals surface area contributed by atoms with E-state index in [1.54, 1.807) is 0 Å². The zero-order valence-corrected chi connectivity index (χ0v) is 13.7. The molecule has 1 nitrogen and oxygen atoms in total. The zero-order valence-electron chi connectivity index (χ0n) is 13.7. The summed E-state index contributed by atoms with van der Waals surface area (Å²) in [6.07, 6.45) is 0. The topological polar surface area (TPSA) is 9.23 Å². The van der Waals surface area contributed by atoms with E-state index in [-0.39, 0.29) is 0 Å². The second kappa shape index (κ2) is 7.06. The van der Waals surface area contributed by atoms with E-state index in [1.165, 1.54) is 11.1 Å². The van der Waals surface area contributed by atoms with Gasteiger partial charge in [0.15, 0.2) is 0 Å². The zero-order chi connectivity index (χ0) is 16.9. The Morgan fingerprint density at radius 1 is 0.520 bits per heavy atom. The number of benzene rings is 4. The lowest BCUT2D eigenvalue weighted by Gasteiger charge is -2.08. The average Bonchev–Trinajstić information content (AvgIpc) is 2.70. The maximum Gasteiger partial charge on any atom is 0.127 e. The van der Waals surface area contributed by atoms with Crippen LogP contribution in [0.15, 0.2) is 103 Å². The van der Waals surface area contributed by atoms with Crippen molar-refractivity contribution in [2.75, 3.05) is 0 Å². The summed E-state index contributed by atoms with van der Waals surface area (Å²) in [6.45, 7) is 0. The average molecular weight is 321 g/mol. The fourth-order valence-electron chi connectivity index (χ4n) is 2.77. The monoisotopic (exact) mass is 321 g/mol. The third kappa shape index (κ3) is 3.61. The van der Waals surface area contributed by atoms with Gasteiger partial charge < -0.3 is 4.74 Å². The maximum atomic E-state index is 5.86. The van der Waals surface area contributed by atoms with Crippen LogP contribution in [-0.4, -0.2) is 0 Å². The van der Waals surface area contributed by atoms with E-state index in [2.05, 4.69) is 42.5 Å². The molecule has 1 radical (unpaired) electrons. The van der Waals surface area contributed by atoms with Crippen LogP contribution in [-0.2, 0) is 0 Å². The van der Waals surface area contributed by atoms with E-state index in [0.717, 1.165) is 22.6 Å². The molecule has 0 spiro atoms. The predicted molar refractivity (Wildman–Crippen MR) is 103 cm³/mol. The number of hydrogen-bond donors (Lipinski definition) is 0. The highest BCUT2D eigenvalue weighted by Gasteiger charge is 2.03. The van der Waals surface area contributed by atoms with Crippen molar-refractivity contribution in [2.45, 2.75) is 0 Å². The van der Waals surface area contributed by atoms with Crippen LogP contribution in [0.2, 0.25) is 0 Å². The molecule has 0 saturated carbocycles. The fourth-order valence-corrected chi connectivity index (χ4v) is 2.77. The van der Waals surface area contributed by atoms with Gasteiger partial charge in [-0.15, -0.1) is 0 Å². The van der Waals surface area contributed by atoms with Crippen molar-refractivity contribution in [3.05, 3.63) is 109 Å². The minimum atomic E-state index is 0.834. The number of para-hydroxylation sites is 1. The quantitative estimate of drug-likeness (QED) is 0.411. The van der Waals surface area contributed by atoms with Crippen molar-refractivity contribution in [1.82, 2.24) is 0 Å². The Kier molecular flexibility index (Phi) is 4.30. The van der Waals surface area contributed by atoms with Crippen LogP contribution in [0, 0.1) is 6.07 Å². The normalized spacial score (nSPS) is 10.4. The van der Waals surface area contributed by atoms with Crippen LogP contribution in [0.1, 0.15) is 0 Å². The van der Waals surface area contributed by atoms with Gasteiger partial charge in [-0.2, -0.15) is 0 Å². The maximum absolute atomic E-state index is 5.86. The highest BCUT2D eigenvalue weighted by Crippen LogP contribution is 2.28. The molecule has 4 aromatic carbocycles. The van der Waals surface area contributed by atoms with Crippen molar-refractivity contribution < 1.29 is 4.74 Å². The van der Waals surface area contributed by atoms with Crippen molar-refractivity contribution in [3.8, 4) is 33.8 Å². The summed E-state index contributed by atoms with van der Waals surface area (Å²) in [5, 5.41) is 0. The minimum Gasteiger partial charge on any atom is -0.457 e. The highest BCUT2D eigenvalue weighted by molar-refractivity contribution is 5.72. The molecule has 4 aromatic rings. The van der Waals surface area contributed by atoms with Gasteiger partial charge in [0.05, 0.1) is 0 Å². The summed E-state index contributed by atoms with van der Waals surface area (Å²) in [7, 11) is 0. The van der Waals surface area contributed by atoms with Gasteiger partial charge in [-0.25, -0.2) is 0 Å². The first-order chi connectivity index (χ1) is 12.4. The first-order valence-electron chi connectivity index (χ1n) is 8.29. The summed E-state index contributed by atoms with van der Waals surface area (Å²) >= 11 is 0. The molecule has 0 fully saturated rings. The highest BCUT2D eigenvalue weighted by atomic mass is 16.5. The first kappa shape index (κ1) is 15.2. The SMILES string of the molecule is [c]1ccc(-c2ccc(Oc3ccccc3)cc2)cc1-c1ccccc1. The van der Waals surface area contributed by atoms with Gasteiger partial charge in [0.2, 0.25) is 0 Å². The molecule has 0 amide bonds. The van der Waals surface area contributed by atoms with Gasteiger partial charge in [0, 0.05) is 0 Å². The van der Waals surface area contributed by atoms with Gasteiger partial charge in [-0.1, -0.05) is 72.8 Å². The van der Waals surface area contributed by atoms with Crippen molar-refractivity contribution >= 4 is 0 Å². The Bertz CT molecular complexity index is 942. The van der Waals surface area contributed by atoms with Crippen LogP contribution in [0.5, 0.6) is 11.5 Å². The Labute approximate surface area is 148 Å². The Morgan fingerprint density at radius 2 is 1.16 bits per heavy atom. The molecule has 0 atom stereocenters. The van der Waals surface area contributed by atoms with Gasteiger partial charge in [0.1, 0.15) is 11.5 Å². The lowest BCUT2D eigenvalue weighted by Crippen LogP contribution is -1.85. The lowest BCUT2D eigenvalue weighted by molar-refractivity contribution is 0.483. The fraction of sp³-hybridized carbons (Fsp3) is 0. The molecule has 0 aliphatic carbocycles. The van der Waals surface area contributed by atoms with Gasteiger partial charge in [0.25, 0.3) is 0 Å². The molecule has 0 aromatic heterocycles. The molecule has 0 N–H and O–H groups in total. The molecule has 0 unspecified atom stereocenters. The summed E-state index contributed by atoms with van der Waals surface area (Å²) in [4.78, 5) is 0. The Balaban J connectivity index is 1.58. The van der Waals surface area contributed by atoms with E-state index in [0.29, 0.717) is 0 Å². The predicted octanol–water partition coefficient (Wildman–Crippen LogP) is 6.61. The molecule has 1 heteroatoms. The minimum absolute atomic E-state index is 0.834. The van der Waals surface area contributed by atoms with E-state index in [9.17, 15) is 0 Å². The third-order valence-electron chi connectivity index (χ3n) is 4.05. The van der Waals surface area contributed by atoms with Crippen LogP contribution < -0.4 is 4.74 Å². The van der Waals surface area contributed by atoms with E-state index >= 15 is 0 Å². The standard InChI is InChI=1S/C24H17O/c1-3-8-19(9-4-1)21-10-7-11-22(18-21)20-14-16-24(17-15-20)25-23-12-5-2-6-13-23/h1-9,11-18H. The second-order valence-corrected chi connectivity index (χ2v) is 5.80. The van der Waals surface area contributed by atoms with E-state index < -0.39 is 0 Å². The summed E-state index contributed by atoms with van der Waals surface area (Å²) in [6, 6.07) is 37.9. The van der Waals surface area contributed by atoms with Gasteiger partial charge in [-0.3, -0.25) is 0 Å². The first-order valence-corrected chi connectivity index (χ1v) is 8.29. The molecule has 0 aliphatic rings. The van der Waals surface area contributed by atoms with Gasteiger partial charge >= 0.3 is 0 Å². The van der Waals surface area contributed by atoms with Crippen molar-refractivity contribution in [3.63, 3.8) is 0 Å². The number of ether oxygens (including phenoxy) is 1. The number of rotatable bonds is 4. The molecule has 119 valence electrons. The van der Waals surface area contributed by atoms with Crippen molar-refractivity contribution in [2.24, 2.45) is 0 Å². The number of hydrogen-bond acceptors (Lipinski definition) is 1. The largest absolute Gasteiger partial charge is 0.457 e. The lowest BCUT2D eigenvalue weighted by atomic mass is 9.99. The molecule has 0 aliphatic heterocycles. The second-order valence-electron chi connectivity index (χ2n) is 5.80. The third-order valence-corrected chi connectivity index (χ3v) is 4.05. The smallest absolute Gasteiger partial charge is 0.127 e. The molecule has 4 rings (SSSR count). The van der Waals surface area contributed by atoms with Crippen LogP contribution >= 0.6 is 0 Å².